The average Bonchev–Trinajstić information content (AvgIpc) is 3.79. The molecular formula is C35H34F2N4O6S. The maximum atomic E-state index is 15.3. The highest BCUT2D eigenvalue weighted by atomic mass is 32.2. The summed E-state index contributed by atoms with van der Waals surface area (Å²) < 4.78 is 46.0. The van der Waals surface area contributed by atoms with Crippen LogP contribution in [0.5, 0.6) is 23.0 Å². The van der Waals surface area contributed by atoms with E-state index in [1.807, 2.05) is 7.05 Å². The standard InChI is InChI=1S/C35H34F2N4O6S/c1-41(27-11-17-48-32(27)42)15-3-16-46-31-20-26-24(19-30(31)45-2)28(10-14-38-26)47-29-9-8-23(18-25(29)37)40-34(44)35(12-13-35)33(43)39-22-6-4-21(36)5-7-22/h4-10,14,18-20,27H,3,11-13,15-17H2,1-2H3,(H,39,43)(H,40,44). The highest BCUT2D eigenvalue weighted by Gasteiger charge is 2.56. The minimum absolute atomic E-state index is 0.0456. The van der Waals surface area contributed by atoms with E-state index in [1.54, 1.807) is 18.2 Å². The molecule has 1 unspecified atom stereocenters. The van der Waals surface area contributed by atoms with Gasteiger partial charge in [-0.2, -0.15) is 0 Å². The zero-order valence-corrected chi connectivity index (χ0v) is 27.2. The molecular weight excluding hydrogens is 642 g/mol. The van der Waals surface area contributed by atoms with Gasteiger partial charge in [-0.05, 0) is 81.3 Å². The monoisotopic (exact) mass is 676 g/mol. The van der Waals surface area contributed by atoms with E-state index < -0.39 is 28.9 Å². The molecule has 2 N–H and O–H groups in total. The van der Waals surface area contributed by atoms with Gasteiger partial charge in [0.1, 0.15) is 17.0 Å². The number of likely N-dealkylation sites (N-methyl/N-ethyl adjacent to an activating group) is 1. The van der Waals surface area contributed by atoms with E-state index >= 15 is 4.39 Å². The van der Waals surface area contributed by atoms with Crippen molar-refractivity contribution in [2.24, 2.45) is 5.41 Å². The van der Waals surface area contributed by atoms with Gasteiger partial charge in [-0.3, -0.25) is 24.3 Å². The topological polar surface area (TPSA) is 119 Å². The Balaban J connectivity index is 1.09. The molecule has 250 valence electrons. The summed E-state index contributed by atoms with van der Waals surface area (Å²) in [6, 6.07) is 14.2. The number of hydrogen-bond donors (Lipinski definition) is 2. The molecule has 1 saturated carbocycles. The predicted octanol–water partition coefficient (Wildman–Crippen LogP) is 6.40. The lowest BCUT2D eigenvalue weighted by atomic mass is 10.0. The molecule has 1 aromatic heterocycles. The van der Waals surface area contributed by atoms with Crippen LogP contribution in [-0.4, -0.2) is 65.9 Å². The quantitative estimate of drug-likeness (QED) is 0.122. The molecule has 48 heavy (non-hydrogen) atoms. The Bertz CT molecular complexity index is 1850. The third-order valence-electron chi connectivity index (χ3n) is 8.47. The van der Waals surface area contributed by atoms with Gasteiger partial charge in [-0.1, -0.05) is 11.8 Å². The number of thioether (sulfide) groups is 1. The molecule has 2 heterocycles. The number of pyridine rings is 1. The van der Waals surface area contributed by atoms with Gasteiger partial charge in [-0.15, -0.1) is 0 Å². The largest absolute Gasteiger partial charge is 0.493 e. The number of rotatable bonds is 13. The number of methoxy groups -OCH3 is 1. The van der Waals surface area contributed by atoms with Gasteiger partial charge in [0.05, 0.1) is 25.3 Å². The van der Waals surface area contributed by atoms with Crippen LogP contribution in [-0.2, 0) is 14.4 Å². The Kier molecular flexibility index (Phi) is 9.78. The summed E-state index contributed by atoms with van der Waals surface area (Å²) in [5.41, 5.74) is -0.209. The first kappa shape index (κ1) is 33.2. The van der Waals surface area contributed by atoms with Crippen LogP contribution in [0.25, 0.3) is 10.9 Å². The molecule has 3 aromatic carbocycles. The number of anilines is 2. The zero-order valence-electron chi connectivity index (χ0n) is 26.4. The summed E-state index contributed by atoms with van der Waals surface area (Å²) in [5.74, 6) is -0.191. The fraction of sp³-hybridized carbons (Fsp3) is 0.314. The zero-order chi connectivity index (χ0) is 33.8. The van der Waals surface area contributed by atoms with Crippen molar-refractivity contribution < 1.29 is 37.4 Å². The van der Waals surface area contributed by atoms with Gasteiger partial charge in [0.25, 0.3) is 0 Å². The molecule has 4 aromatic rings. The van der Waals surface area contributed by atoms with E-state index in [9.17, 15) is 18.8 Å². The SMILES string of the molecule is COc1cc2c(Oc3ccc(NC(=O)C4(C(=O)Nc5ccc(F)cc5)CC4)cc3F)ccnc2cc1OCCCN(C)C1CCSC1=O. The number of hydrogen-bond acceptors (Lipinski definition) is 9. The first-order chi connectivity index (χ1) is 23.2. The Morgan fingerprint density at radius 2 is 1.69 bits per heavy atom. The summed E-state index contributed by atoms with van der Waals surface area (Å²) in [6.45, 7) is 1.12. The van der Waals surface area contributed by atoms with Crippen LogP contribution in [0.3, 0.4) is 0 Å². The maximum absolute atomic E-state index is 15.3. The second-order valence-electron chi connectivity index (χ2n) is 11.7. The molecule has 6 rings (SSSR count). The van der Waals surface area contributed by atoms with Gasteiger partial charge < -0.3 is 24.8 Å². The maximum Gasteiger partial charge on any atom is 0.240 e. The van der Waals surface area contributed by atoms with E-state index in [0.29, 0.717) is 66.3 Å². The first-order valence-corrected chi connectivity index (χ1v) is 16.5. The van der Waals surface area contributed by atoms with Gasteiger partial charge in [-0.25, -0.2) is 8.78 Å². The lowest BCUT2D eigenvalue weighted by molar-refractivity contribution is -0.131. The Morgan fingerprint density at radius 1 is 0.958 bits per heavy atom. The van der Waals surface area contributed by atoms with Gasteiger partial charge in [0, 0.05) is 47.4 Å². The van der Waals surface area contributed by atoms with Crippen molar-refractivity contribution in [3.05, 3.63) is 78.5 Å². The normalized spacial score (nSPS) is 16.5. The lowest BCUT2D eigenvalue weighted by Gasteiger charge is -2.22. The van der Waals surface area contributed by atoms with Crippen LogP contribution in [0, 0.1) is 17.0 Å². The molecule has 0 radical (unpaired) electrons. The van der Waals surface area contributed by atoms with Gasteiger partial charge in [0.2, 0.25) is 16.9 Å². The smallest absolute Gasteiger partial charge is 0.240 e. The first-order valence-electron chi connectivity index (χ1n) is 15.5. The summed E-state index contributed by atoms with van der Waals surface area (Å²) >= 11 is 1.38. The fourth-order valence-electron chi connectivity index (χ4n) is 5.52. The van der Waals surface area contributed by atoms with Crippen LogP contribution in [0.1, 0.15) is 25.7 Å². The number of halogens is 2. The minimum atomic E-state index is -1.29. The number of fused-ring (bicyclic) bond motifs is 1. The Labute approximate surface area is 280 Å². The summed E-state index contributed by atoms with van der Waals surface area (Å²) in [6.07, 6.45) is 3.78. The van der Waals surface area contributed by atoms with Crippen molar-refractivity contribution in [1.82, 2.24) is 9.88 Å². The number of ether oxygens (including phenoxy) is 3. The molecule has 0 bridgehead atoms. The summed E-state index contributed by atoms with van der Waals surface area (Å²) in [5, 5.41) is 6.06. The molecule has 1 saturated heterocycles. The van der Waals surface area contributed by atoms with E-state index in [0.717, 1.165) is 18.2 Å². The van der Waals surface area contributed by atoms with Crippen LogP contribution in [0.4, 0.5) is 20.2 Å². The molecule has 2 amide bonds. The van der Waals surface area contributed by atoms with Gasteiger partial charge >= 0.3 is 0 Å². The van der Waals surface area contributed by atoms with E-state index in [2.05, 4.69) is 20.5 Å². The highest BCUT2D eigenvalue weighted by Crippen LogP contribution is 2.48. The van der Waals surface area contributed by atoms with E-state index in [-0.39, 0.29) is 22.6 Å². The molecule has 2 aliphatic rings. The third kappa shape index (κ3) is 7.21. The summed E-state index contributed by atoms with van der Waals surface area (Å²) in [4.78, 5) is 44.4. The Hall–Kier alpha value is -4.75. The number of nitrogens with one attached hydrogen (secondary N) is 2. The molecule has 1 aliphatic carbocycles. The van der Waals surface area contributed by atoms with Crippen LogP contribution in [0.15, 0.2) is 66.9 Å². The Morgan fingerprint density at radius 3 is 2.35 bits per heavy atom. The lowest BCUT2D eigenvalue weighted by Crippen LogP contribution is -2.35. The minimum Gasteiger partial charge on any atom is -0.493 e. The second kappa shape index (κ2) is 14.2. The van der Waals surface area contributed by atoms with Gasteiger partial charge in [0.15, 0.2) is 23.1 Å². The molecule has 13 heteroatoms. The van der Waals surface area contributed by atoms with Crippen molar-refractivity contribution >= 4 is 51.0 Å². The number of aromatic nitrogens is 1. The van der Waals surface area contributed by atoms with Crippen LogP contribution >= 0.6 is 11.8 Å². The van der Waals surface area contributed by atoms with E-state index in [1.165, 1.54) is 61.5 Å². The molecule has 2 fully saturated rings. The third-order valence-corrected chi connectivity index (χ3v) is 9.47. The number of carbonyl (C=O) groups excluding carboxylic acids is 3. The van der Waals surface area contributed by atoms with E-state index in [4.69, 9.17) is 14.2 Å². The predicted molar refractivity (Wildman–Crippen MR) is 179 cm³/mol. The van der Waals surface area contributed by atoms with Crippen molar-refractivity contribution in [2.45, 2.75) is 31.7 Å². The van der Waals surface area contributed by atoms with Crippen molar-refractivity contribution in [2.75, 3.05) is 43.7 Å². The molecule has 1 atom stereocenters. The van der Waals surface area contributed by atoms with Crippen molar-refractivity contribution in [3.8, 4) is 23.0 Å². The average molecular weight is 677 g/mol. The van der Waals surface area contributed by atoms with Crippen molar-refractivity contribution in [1.29, 1.82) is 0 Å². The molecule has 1 aliphatic heterocycles. The number of carbonyl (C=O) groups is 3. The number of amides is 2. The number of nitrogens with zero attached hydrogens (tertiary/aromatic N) is 2. The molecule has 0 spiro atoms. The number of benzene rings is 3. The van der Waals surface area contributed by atoms with Crippen LogP contribution in [0.2, 0.25) is 0 Å². The summed E-state index contributed by atoms with van der Waals surface area (Å²) in [7, 11) is 3.47. The fourth-order valence-corrected chi connectivity index (χ4v) is 6.56. The van der Waals surface area contributed by atoms with Crippen LogP contribution < -0.4 is 24.8 Å². The molecule has 10 nitrogen and oxygen atoms in total. The van der Waals surface area contributed by atoms with Crippen molar-refractivity contribution in [3.63, 3.8) is 0 Å². The highest BCUT2D eigenvalue weighted by molar-refractivity contribution is 8.14. The second-order valence-corrected chi connectivity index (χ2v) is 12.8.